The van der Waals surface area contributed by atoms with Crippen LogP contribution in [-0.4, -0.2) is 0 Å². The molecule has 6 rings (SSSR count). The van der Waals surface area contributed by atoms with Crippen LogP contribution in [0, 0.1) is 0 Å². The fourth-order valence-corrected chi connectivity index (χ4v) is 4.89. The van der Waals surface area contributed by atoms with E-state index in [1.807, 2.05) is 23.5 Å². The maximum atomic E-state index is 6.04. The van der Waals surface area contributed by atoms with Gasteiger partial charge >= 0.3 is 0 Å². The summed E-state index contributed by atoms with van der Waals surface area (Å²) in [6.45, 7) is 0. The third-order valence-electron chi connectivity index (χ3n) is 4.86. The Morgan fingerprint density at radius 1 is 0.583 bits per heavy atom. The van der Waals surface area contributed by atoms with Crippen molar-refractivity contribution >= 4 is 64.2 Å². The molecular weight excluding hydrogens is 312 g/mol. The lowest BCUT2D eigenvalue weighted by Gasteiger charge is -2.01. The minimum absolute atomic E-state index is 0.953. The molecule has 0 atom stereocenters. The van der Waals surface area contributed by atoms with Gasteiger partial charge in [-0.05, 0) is 41.1 Å². The van der Waals surface area contributed by atoms with E-state index in [2.05, 4.69) is 60.7 Å². The highest BCUT2D eigenvalue weighted by molar-refractivity contribution is 7.26. The molecule has 0 radical (unpaired) electrons. The molecule has 1 nitrogen and oxygen atoms in total. The smallest absolute Gasteiger partial charge is 0.136 e. The first-order valence-corrected chi connectivity index (χ1v) is 8.85. The molecular formula is C22H12OS. The summed E-state index contributed by atoms with van der Waals surface area (Å²) >= 11 is 1.86. The monoisotopic (exact) mass is 324 g/mol. The zero-order chi connectivity index (χ0) is 15.7. The molecule has 0 aliphatic rings. The summed E-state index contributed by atoms with van der Waals surface area (Å²) in [5, 5.41) is 7.63. The van der Waals surface area contributed by atoms with Crippen LogP contribution in [0.1, 0.15) is 0 Å². The zero-order valence-corrected chi connectivity index (χ0v) is 13.6. The number of furan rings is 1. The van der Waals surface area contributed by atoms with E-state index in [1.54, 1.807) is 0 Å². The van der Waals surface area contributed by atoms with Crippen molar-refractivity contribution in [2.45, 2.75) is 0 Å². The molecule has 24 heavy (non-hydrogen) atoms. The molecule has 0 N–H and O–H groups in total. The van der Waals surface area contributed by atoms with Crippen molar-refractivity contribution in [1.82, 2.24) is 0 Å². The first-order valence-electron chi connectivity index (χ1n) is 8.04. The minimum Gasteiger partial charge on any atom is -0.456 e. The summed E-state index contributed by atoms with van der Waals surface area (Å²) < 4.78 is 8.73. The van der Waals surface area contributed by atoms with Crippen LogP contribution in [0.3, 0.4) is 0 Å². The maximum absolute atomic E-state index is 6.04. The van der Waals surface area contributed by atoms with E-state index >= 15 is 0 Å². The Labute approximate surface area is 141 Å². The van der Waals surface area contributed by atoms with Gasteiger partial charge in [0.1, 0.15) is 11.2 Å². The van der Waals surface area contributed by atoms with Gasteiger partial charge in [0, 0.05) is 30.9 Å². The van der Waals surface area contributed by atoms with Crippen molar-refractivity contribution in [2.24, 2.45) is 0 Å². The summed E-state index contributed by atoms with van der Waals surface area (Å²) in [6.07, 6.45) is 0. The predicted molar refractivity (Wildman–Crippen MR) is 104 cm³/mol. The number of para-hydroxylation sites is 1. The molecule has 6 aromatic rings. The molecule has 2 heteroatoms. The second-order valence-electron chi connectivity index (χ2n) is 6.20. The number of rotatable bonds is 0. The normalized spacial score (nSPS) is 12.2. The summed E-state index contributed by atoms with van der Waals surface area (Å²) in [6, 6.07) is 25.9. The molecule has 112 valence electrons. The molecule has 0 saturated carbocycles. The van der Waals surface area contributed by atoms with E-state index < -0.39 is 0 Å². The van der Waals surface area contributed by atoms with Crippen molar-refractivity contribution in [3.05, 3.63) is 72.8 Å². The number of hydrogen-bond acceptors (Lipinski definition) is 2. The molecule has 4 aromatic carbocycles. The van der Waals surface area contributed by atoms with Gasteiger partial charge in [-0.2, -0.15) is 0 Å². The highest BCUT2D eigenvalue weighted by atomic mass is 32.1. The highest BCUT2D eigenvalue weighted by Gasteiger charge is 2.12. The Balaban J connectivity index is 1.90. The standard InChI is InChI=1S/C22H12OS/c1-3-7-18-14(5-1)17-12-16-13(11-19(17)23-18)9-10-21-22(16)15-6-2-4-8-20(15)24-21/h1-12H. The quantitative estimate of drug-likeness (QED) is 0.290. The van der Waals surface area contributed by atoms with Gasteiger partial charge in [0.05, 0.1) is 0 Å². The summed E-state index contributed by atoms with van der Waals surface area (Å²) in [4.78, 5) is 0. The Bertz CT molecular complexity index is 1400. The largest absolute Gasteiger partial charge is 0.456 e. The number of fused-ring (bicyclic) bond motifs is 8. The molecule has 0 aliphatic carbocycles. The lowest BCUT2D eigenvalue weighted by atomic mass is 10.0. The summed E-state index contributed by atoms with van der Waals surface area (Å²) in [5.41, 5.74) is 1.91. The Morgan fingerprint density at radius 2 is 1.42 bits per heavy atom. The highest BCUT2D eigenvalue weighted by Crippen LogP contribution is 2.40. The first kappa shape index (κ1) is 12.6. The van der Waals surface area contributed by atoms with Gasteiger partial charge in [0.25, 0.3) is 0 Å². The van der Waals surface area contributed by atoms with E-state index in [9.17, 15) is 0 Å². The molecule has 0 bridgehead atoms. The van der Waals surface area contributed by atoms with Crippen molar-refractivity contribution in [1.29, 1.82) is 0 Å². The molecule has 0 fully saturated rings. The van der Waals surface area contributed by atoms with Crippen molar-refractivity contribution < 1.29 is 4.42 Å². The van der Waals surface area contributed by atoms with E-state index in [1.165, 1.54) is 41.7 Å². The van der Waals surface area contributed by atoms with Gasteiger partial charge in [-0.3, -0.25) is 0 Å². The van der Waals surface area contributed by atoms with Crippen molar-refractivity contribution in [3.63, 3.8) is 0 Å². The fourth-order valence-electron chi connectivity index (χ4n) is 3.77. The average Bonchev–Trinajstić information content (AvgIpc) is 3.17. The second-order valence-corrected chi connectivity index (χ2v) is 7.29. The van der Waals surface area contributed by atoms with Gasteiger partial charge in [0.2, 0.25) is 0 Å². The Morgan fingerprint density at radius 3 is 2.38 bits per heavy atom. The van der Waals surface area contributed by atoms with E-state index in [-0.39, 0.29) is 0 Å². The molecule has 0 aliphatic heterocycles. The van der Waals surface area contributed by atoms with Crippen LogP contribution < -0.4 is 0 Å². The molecule has 0 saturated heterocycles. The second kappa shape index (κ2) is 4.37. The van der Waals surface area contributed by atoms with Crippen LogP contribution in [-0.2, 0) is 0 Å². The number of benzene rings is 4. The van der Waals surface area contributed by atoms with Gasteiger partial charge in [-0.25, -0.2) is 0 Å². The van der Waals surface area contributed by atoms with E-state index in [0.29, 0.717) is 0 Å². The number of hydrogen-bond donors (Lipinski definition) is 0. The number of thiophene rings is 1. The lowest BCUT2D eigenvalue weighted by molar-refractivity contribution is 0.669. The van der Waals surface area contributed by atoms with E-state index in [4.69, 9.17) is 4.42 Å². The molecule has 0 unspecified atom stereocenters. The first-order chi connectivity index (χ1) is 11.9. The van der Waals surface area contributed by atoms with Gasteiger partial charge in [0.15, 0.2) is 0 Å². The summed E-state index contributed by atoms with van der Waals surface area (Å²) in [7, 11) is 0. The lowest BCUT2D eigenvalue weighted by Crippen LogP contribution is -1.75. The van der Waals surface area contributed by atoms with Crippen LogP contribution in [0.4, 0.5) is 0 Å². The molecule has 2 heterocycles. The molecule has 2 aromatic heterocycles. The zero-order valence-electron chi connectivity index (χ0n) is 12.7. The van der Waals surface area contributed by atoms with Gasteiger partial charge < -0.3 is 4.42 Å². The fraction of sp³-hybridized carbons (Fsp3) is 0. The minimum atomic E-state index is 0.953. The summed E-state index contributed by atoms with van der Waals surface area (Å²) in [5.74, 6) is 0. The Kier molecular flexibility index (Phi) is 2.29. The third-order valence-corrected chi connectivity index (χ3v) is 5.99. The maximum Gasteiger partial charge on any atom is 0.136 e. The average molecular weight is 324 g/mol. The Hall–Kier alpha value is -2.84. The van der Waals surface area contributed by atoms with Gasteiger partial charge in [-0.1, -0.05) is 42.5 Å². The van der Waals surface area contributed by atoms with E-state index in [0.717, 1.165) is 11.2 Å². The van der Waals surface area contributed by atoms with Crippen molar-refractivity contribution in [3.8, 4) is 0 Å². The van der Waals surface area contributed by atoms with Gasteiger partial charge in [-0.15, -0.1) is 11.3 Å². The molecule has 0 spiro atoms. The van der Waals surface area contributed by atoms with Crippen LogP contribution >= 0.6 is 11.3 Å². The van der Waals surface area contributed by atoms with Crippen LogP contribution in [0.2, 0.25) is 0 Å². The topological polar surface area (TPSA) is 13.1 Å². The van der Waals surface area contributed by atoms with Crippen LogP contribution in [0.15, 0.2) is 77.2 Å². The van der Waals surface area contributed by atoms with Crippen LogP contribution in [0.25, 0.3) is 52.9 Å². The SMILES string of the molecule is c1ccc2c(c1)oc1cc3ccc4sc5ccccc5c4c3cc12. The third kappa shape index (κ3) is 1.53. The predicted octanol–water partition coefficient (Wildman–Crippen LogP) is 7.11. The van der Waals surface area contributed by atoms with Crippen LogP contribution in [0.5, 0.6) is 0 Å². The molecule has 0 amide bonds. The van der Waals surface area contributed by atoms with Crippen molar-refractivity contribution in [2.75, 3.05) is 0 Å².